The molecule has 0 saturated carbocycles. The molecule has 0 radical (unpaired) electrons. The summed E-state index contributed by atoms with van der Waals surface area (Å²) in [4.78, 5) is 4.17. The zero-order valence-electron chi connectivity index (χ0n) is 11.6. The third-order valence-corrected chi connectivity index (χ3v) is 3.15. The number of guanidine groups is 1. The van der Waals surface area contributed by atoms with E-state index in [1.165, 1.54) is 0 Å². The van der Waals surface area contributed by atoms with E-state index in [0.717, 1.165) is 34.6 Å². The van der Waals surface area contributed by atoms with Crippen molar-refractivity contribution in [1.29, 1.82) is 0 Å². The van der Waals surface area contributed by atoms with Crippen LogP contribution in [0.1, 0.15) is 6.92 Å². The summed E-state index contributed by atoms with van der Waals surface area (Å²) in [5.74, 6) is 0.451. The molecule has 0 unspecified atom stereocenters. The molecule has 0 fully saturated rings. The van der Waals surface area contributed by atoms with E-state index in [9.17, 15) is 0 Å². The Morgan fingerprint density at radius 1 is 1.45 bits per heavy atom. The van der Waals surface area contributed by atoms with E-state index >= 15 is 0 Å². The van der Waals surface area contributed by atoms with Crippen LogP contribution >= 0.6 is 11.6 Å². The molecule has 0 saturated heterocycles. The molecule has 0 aliphatic rings. The van der Waals surface area contributed by atoms with Crippen LogP contribution in [0.2, 0.25) is 5.02 Å². The number of fused-ring (bicyclic) bond motifs is 1. The molecule has 0 aliphatic carbocycles. The molecule has 3 N–H and O–H groups in total. The van der Waals surface area contributed by atoms with E-state index in [1.54, 1.807) is 0 Å². The van der Waals surface area contributed by atoms with Gasteiger partial charge in [-0.15, -0.1) is 0 Å². The van der Waals surface area contributed by atoms with Crippen molar-refractivity contribution in [3.05, 3.63) is 47.6 Å². The topological polar surface area (TPSA) is 55.3 Å². The summed E-state index contributed by atoms with van der Waals surface area (Å²) in [5, 5.41) is 4.99. The first kappa shape index (κ1) is 14.5. The lowest BCUT2D eigenvalue weighted by atomic mass is 10.2. The van der Waals surface area contributed by atoms with Crippen molar-refractivity contribution in [3.8, 4) is 0 Å². The number of nitrogens with two attached hydrogens (primary N) is 1. The number of hydrogen-bond donors (Lipinski definition) is 2. The summed E-state index contributed by atoms with van der Waals surface area (Å²) in [7, 11) is 0. The van der Waals surface area contributed by atoms with Gasteiger partial charge in [-0.25, -0.2) is 4.99 Å². The first-order chi connectivity index (χ1) is 9.56. The van der Waals surface area contributed by atoms with Gasteiger partial charge in [-0.3, -0.25) is 0 Å². The minimum absolute atomic E-state index is 0.451. The van der Waals surface area contributed by atoms with Gasteiger partial charge in [0.15, 0.2) is 5.96 Å². The number of nitrogens with zero attached hydrogens (tertiary/aromatic N) is 2. The molecule has 20 heavy (non-hydrogen) atoms. The fourth-order valence-electron chi connectivity index (χ4n) is 1.95. The molecule has 4 nitrogen and oxygen atoms in total. The lowest BCUT2D eigenvalue weighted by Crippen LogP contribution is -2.34. The predicted molar refractivity (Wildman–Crippen MR) is 86.3 cm³/mol. The maximum absolute atomic E-state index is 5.97. The van der Waals surface area contributed by atoms with Gasteiger partial charge in [-0.05, 0) is 31.2 Å². The maximum Gasteiger partial charge on any atom is 0.188 e. The van der Waals surface area contributed by atoms with E-state index in [2.05, 4.69) is 27.5 Å². The van der Waals surface area contributed by atoms with Gasteiger partial charge in [0.2, 0.25) is 0 Å². The molecule has 0 aliphatic heterocycles. The van der Waals surface area contributed by atoms with Gasteiger partial charge in [-0.1, -0.05) is 23.8 Å². The van der Waals surface area contributed by atoms with Crippen molar-refractivity contribution in [3.63, 3.8) is 0 Å². The standard InChI is InChI=1S/C15H19ClN4/c1-11(2)10-19-15(17)18-6-8-20-7-5-12-9-13(16)3-4-14(12)20/h3-5,7,9H,1,6,8,10H2,2H3,(H3,17,18,19). The van der Waals surface area contributed by atoms with Crippen LogP contribution in [0.4, 0.5) is 0 Å². The molecule has 0 atom stereocenters. The summed E-state index contributed by atoms with van der Waals surface area (Å²) < 4.78 is 2.16. The van der Waals surface area contributed by atoms with E-state index in [-0.39, 0.29) is 0 Å². The number of rotatable bonds is 5. The Kier molecular flexibility index (Phi) is 4.69. The molecule has 1 heterocycles. The Morgan fingerprint density at radius 3 is 3.00 bits per heavy atom. The quantitative estimate of drug-likeness (QED) is 0.505. The van der Waals surface area contributed by atoms with Crippen LogP contribution in [0.15, 0.2) is 47.6 Å². The van der Waals surface area contributed by atoms with Crippen molar-refractivity contribution in [2.24, 2.45) is 10.7 Å². The Labute approximate surface area is 123 Å². The second kappa shape index (κ2) is 6.48. The molecule has 0 amide bonds. The number of aliphatic imine (C=N–C) groups is 1. The van der Waals surface area contributed by atoms with Crippen molar-refractivity contribution >= 4 is 28.5 Å². The van der Waals surface area contributed by atoms with Crippen molar-refractivity contribution < 1.29 is 0 Å². The van der Waals surface area contributed by atoms with Gasteiger partial charge in [0.25, 0.3) is 0 Å². The Balaban J connectivity index is 1.93. The monoisotopic (exact) mass is 290 g/mol. The minimum Gasteiger partial charge on any atom is -0.370 e. The van der Waals surface area contributed by atoms with Crippen molar-refractivity contribution in [1.82, 2.24) is 9.88 Å². The summed E-state index contributed by atoms with van der Waals surface area (Å²) >= 11 is 5.97. The highest BCUT2D eigenvalue weighted by Crippen LogP contribution is 2.20. The predicted octanol–water partition coefficient (Wildman–Crippen LogP) is 2.78. The van der Waals surface area contributed by atoms with Crippen molar-refractivity contribution in [2.75, 3.05) is 13.1 Å². The second-order valence-electron chi connectivity index (χ2n) is 4.80. The lowest BCUT2D eigenvalue weighted by Gasteiger charge is -2.08. The van der Waals surface area contributed by atoms with E-state index < -0.39 is 0 Å². The van der Waals surface area contributed by atoms with Crippen LogP contribution in [0.3, 0.4) is 0 Å². The number of aromatic nitrogens is 1. The van der Waals surface area contributed by atoms with E-state index in [4.69, 9.17) is 17.3 Å². The third kappa shape index (κ3) is 3.78. The van der Waals surface area contributed by atoms with Crippen molar-refractivity contribution in [2.45, 2.75) is 13.5 Å². The molecule has 0 spiro atoms. The molecule has 2 aromatic rings. The van der Waals surface area contributed by atoms with E-state index in [1.807, 2.05) is 31.3 Å². The lowest BCUT2D eigenvalue weighted by molar-refractivity contribution is 0.692. The van der Waals surface area contributed by atoms with Crippen LogP contribution in [-0.4, -0.2) is 23.6 Å². The summed E-state index contributed by atoms with van der Waals surface area (Å²) in [6.45, 7) is 7.80. The average molecular weight is 291 g/mol. The zero-order valence-corrected chi connectivity index (χ0v) is 12.3. The number of benzene rings is 1. The molecule has 0 bridgehead atoms. The first-order valence-electron chi connectivity index (χ1n) is 6.49. The fraction of sp³-hybridized carbons (Fsp3) is 0.267. The molecule has 1 aromatic heterocycles. The second-order valence-corrected chi connectivity index (χ2v) is 5.23. The first-order valence-corrected chi connectivity index (χ1v) is 6.86. The van der Waals surface area contributed by atoms with Gasteiger partial charge in [0.1, 0.15) is 0 Å². The Hall–Kier alpha value is -1.94. The Morgan fingerprint density at radius 2 is 2.25 bits per heavy atom. The van der Waals surface area contributed by atoms with Gasteiger partial charge < -0.3 is 15.6 Å². The fourth-order valence-corrected chi connectivity index (χ4v) is 2.13. The molecule has 106 valence electrons. The number of halogens is 1. The average Bonchev–Trinajstić information content (AvgIpc) is 2.79. The smallest absolute Gasteiger partial charge is 0.188 e. The van der Waals surface area contributed by atoms with Gasteiger partial charge >= 0.3 is 0 Å². The van der Waals surface area contributed by atoms with E-state index in [0.29, 0.717) is 12.5 Å². The van der Waals surface area contributed by atoms with Gasteiger partial charge in [-0.2, -0.15) is 0 Å². The highest BCUT2D eigenvalue weighted by molar-refractivity contribution is 6.31. The number of hydrogen-bond acceptors (Lipinski definition) is 1. The highest BCUT2D eigenvalue weighted by atomic mass is 35.5. The maximum atomic E-state index is 5.97. The van der Waals surface area contributed by atoms with Crippen LogP contribution in [0.25, 0.3) is 10.9 Å². The normalized spacial score (nSPS) is 11.8. The zero-order chi connectivity index (χ0) is 14.5. The van der Waals surface area contributed by atoms with Crippen LogP contribution in [-0.2, 0) is 6.54 Å². The summed E-state index contributed by atoms with van der Waals surface area (Å²) in [5.41, 5.74) is 7.91. The molecule has 2 rings (SSSR count). The van der Waals surface area contributed by atoms with Gasteiger partial charge in [0.05, 0.1) is 6.54 Å². The summed E-state index contributed by atoms with van der Waals surface area (Å²) in [6.07, 6.45) is 2.05. The molecule has 5 heteroatoms. The van der Waals surface area contributed by atoms with Crippen LogP contribution in [0, 0.1) is 0 Å². The largest absolute Gasteiger partial charge is 0.370 e. The molecular weight excluding hydrogens is 272 g/mol. The molecule has 1 aromatic carbocycles. The van der Waals surface area contributed by atoms with Crippen LogP contribution < -0.4 is 11.1 Å². The minimum atomic E-state index is 0.451. The SMILES string of the molecule is C=C(C)CN=C(N)NCCn1ccc2cc(Cl)ccc21. The van der Waals surface area contributed by atoms with Crippen LogP contribution in [0.5, 0.6) is 0 Å². The Bertz CT molecular complexity index is 642. The highest BCUT2D eigenvalue weighted by Gasteiger charge is 2.01. The number of nitrogens with one attached hydrogen (secondary N) is 1. The molecular formula is C15H19ClN4. The summed E-state index contributed by atoms with van der Waals surface area (Å²) in [6, 6.07) is 7.94. The third-order valence-electron chi connectivity index (χ3n) is 2.91. The van der Waals surface area contributed by atoms with Gasteiger partial charge in [0, 0.05) is 35.2 Å².